The van der Waals surface area contributed by atoms with Gasteiger partial charge in [-0.2, -0.15) is 18.4 Å². The predicted octanol–water partition coefficient (Wildman–Crippen LogP) is 5.60. The van der Waals surface area contributed by atoms with Crippen LogP contribution in [0.25, 0.3) is 0 Å². The molecule has 11 heteroatoms. The molecule has 0 atom stereocenters. The summed E-state index contributed by atoms with van der Waals surface area (Å²) in [6.07, 6.45) is -0.100. The van der Waals surface area contributed by atoms with Crippen LogP contribution in [0, 0.1) is 11.3 Å². The van der Waals surface area contributed by atoms with Gasteiger partial charge in [0.05, 0.1) is 22.7 Å². The van der Waals surface area contributed by atoms with Crippen LogP contribution in [-0.2, 0) is 19.3 Å². The molecule has 0 saturated heterocycles. The lowest BCUT2D eigenvalue weighted by Crippen LogP contribution is -2.24. The van der Waals surface area contributed by atoms with E-state index >= 15 is 0 Å². The second kappa shape index (κ2) is 10.5. The maximum atomic E-state index is 13.1. The van der Waals surface area contributed by atoms with Gasteiger partial charge in [-0.3, -0.25) is 9.55 Å². The SMILES string of the molecule is N#Cc1cc(COc2ccnc(=O)n2Cc2ccncc2)ccc1Oc1ccc(Cl)c(C(F)(F)F)c1. The zero-order valence-electron chi connectivity index (χ0n) is 18.4. The van der Waals surface area contributed by atoms with Gasteiger partial charge in [-0.25, -0.2) is 9.78 Å². The van der Waals surface area contributed by atoms with E-state index in [2.05, 4.69) is 9.97 Å². The van der Waals surface area contributed by atoms with E-state index in [0.717, 1.165) is 17.7 Å². The molecule has 182 valence electrons. The van der Waals surface area contributed by atoms with Gasteiger partial charge < -0.3 is 9.47 Å². The average Bonchev–Trinajstić information content (AvgIpc) is 2.86. The Labute approximate surface area is 208 Å². The summed E-state index contributed by atoms with van der Waals surface area (Å²) in [5.74, 6) is 0.214. The molecule has 0 spiro atoms. The van der Waals surface area contributed by atoms with Gasteiger partial charge in [0.15, 0.2) is 5.88 Å². The van der Waals surface area contributed by atoms with Gasteiger partial charge in [0.1, 0.15) is 24.2 Å². The molecule has 4 rings (SSSR count). The standard InChI is InChI=1S/C25H16ClF3N4O3/c26-21-3-2-19(12-20(21)25(27,28)29)36-22-4-1-17(11-18(22)13-30)15-35-23-7-10-32-24(34)33(23)14-16-5-8-31-9-6-16/h1-12H,14-15H2. The summed E-state index contributed by atoms with van der Waals surface area (Å²) in [6, 6.07) is 14.7. The Hall–Kier alpha value is -4.36. The van der Waals surface area contributed by atoms with Gasteiger partial charge in [-0.15, -0.1) is 0 Å². The molecule has 2 aromatic carbocycles. The lowest BCUT2D eigenvalue weighted by atomic mass is 10.1. The molecule has 4 aromatic rings. The number of alkyl halides is 3. The molecule has 0 radical (unpaired) electrons. The molecule has 36 heavy (non-hydrogen) atoms. The van der Waals surface area contributed by atoms with Gasteiger partial charge in [0.25, 0.3) is 0 Å². The van der Waals surface area contributed by atoms with E-state index < -0.39 is 22.5 Å². The summed E-state index contributed by atoms with van der Waals surface area (Å²) in [6.45, 7) is 0.232. The molecule has 0 aliphatic heterocycles. The Morgan fingerprint density at radius 1 is 1.00 bits per heavy atom. The number of benzene rings is 2. The maximum absolute atomic E-state index is 13.1. The van der Waals surface area contributed by atoms with Crippen LogP contribution >= 0.6 is 11.6 Å². The first-order valence-electron chi connectivity index (χ1n) is 10.4. The number of rotatable bonds is 7. The van der Waals surface area contributed by atoms with Crippen LogP contribution in [0.15, 0.2) is 78.0 Å². The third-order valence-electron chi connectivity index (χ3n) is 5.01. The second-order valence-electron chi connectivity index (χ2n) is 7.48. The van der Waals surface area contributed by atoms with Crippen LogP contribution in [0.1, 0.15) is 22.3 Å². The van der Waals surface area contributed by atoms with Crippen molar-refractivity contribution >= 4 is 11.6 Å². The number of hydrogen-bond donors (Lipinski definition) is 0. The fraction of sp³-hybridized carbons (Fsp3) is 0.120. The van der Waals surface area contributed by atoms with Crippen molar-refractivity contribution in [1.82, 2.24) is 14.5 Å². The van der Waals surface area contributed by atoms with Gasteiger partial charge in [0.2, 0.25) is 0 Å². The Kier molecular flexibility index (Phi) is 7.22. The van der Waals surface area contributed by atoms with Crippen LogP contribution in [0.3, 0.4) is 0 Å². The Balaban J connectivity index is 1.52. The van der Waals surface area contributed by atoms with Crippen molar-refractivity contribution in [3.63, 3.8) is 0 Å². The molecule has 0 unspecified atom stereocenters. The van der Waals surface area contributed by atoms with E-state index in [1.165, 1.54) is 29.0 Å². The van der Waals surface area contributed by atoms with Crippen molar-refractivity contribution in [3.8, 4) is 23.4 Å². The number of ether oxygens (including phenoxy) is 2. The number of nitriles is 1. The van der Waals surface area contributed by atoms with Crippen molar-refractivity contribution in [2.24, 2.45) is 0 Å². The normalized spacial score (nSPS) is 11.1. The van der Waals surface area contributed by atoms with Crippen molar-refractivity contribution in [2.45, 2.75) is 19.3 Å². The van der Waals surface area contributed by atoms with E-state index in [9.17, 15) is 23.2 Å². The summed E-state index contributed by atoms with van der Waals surface area (Å²) < 4.78 is 52.1. The highest BCUT2D eigenvalue weighted by atomic mass is 35.5. The topological polar surface area (TPSA) is 90.0 Å². The summed E-state index contributed by atoms with van der Waals surface area (Å²) >= 11 is 5.64. The molecule has 0 bridgehead atoms. The maximum Gasteiger partial charge on any atom is 0.417 e. The van der Waals surface area contributed by atoms with E-state index in [-0.39, 0.29) is 36.1 Å². The van der Waals surface area contributed by atoms with Gasteiger partial charge in [0, 0.05) is 24.7 Å². The molecule has 0 N–H and O–H groups in total. The predicted molar refractivity (Wildman–Crippen MR) is 124 cm³/mol. The third kappa shape index (κ3) is 5.82. The quantitative estimate of drug-likeness (QED) is 0.320. The highest BCUT2D eigenvalue weighted by molar-refractivity contribution is 6.31. The summed E-state index contributed by atoms with van der Waals surface area (Å²) in [4.78, 5) is 20.0. The van der Waals surface area contributed by atoms with E-state index in [1.54, 1.807) is 36.7 Å². The molecule has 2 heterocycles. The molecule has 0 aliphatic carbocycles. The van der Waals surface area contributed by atoms with Crippen LogP contribution in [-0.4, -0.2) is 14.5 Å². The van der Waals surface area contributed by atoms with Crippen molar-refractivity contribution in [1.29, 1.82) is 5.26 Å². The second-order valence-corrected chi connectivity index (χ2v) is 7.89. The zero-order valence-corrected chi connectivity index (χ0v) is 19.1. The lowest BCUT2D eigenvalue weighted by Gasteiger charge is -2.14. The average molecular weight is 513 g/mol. The lowest BCUT2D eigenvalue weighted by molar-refractivity contribution is -0.137. The van der Waals surface area contributed by atoms with Gasteiger partial charge in [-0.05, 0) is 53.6 Å². The molecular weight excluding hydrogens is 497 g/mol. The minimum Gasteiger partial charge on any atom is -0.474 e. The number of halogens is 4. The first kappa shape index (κ1) is 24.8. The van der Waals surface area contributed by atoms with Gasteiger partial charge in [-0.1, -0.05) is 17.7 Å². The Bertz CT molecular complexity index is 1480. The highest BCUT2D eigenvalue weighted by Gasteiger charge is 2.33. The van der Waals surface area contributed by atoms with Crippen LogP contribution < -0.4 is 15.2 Å². The molecule has 0 saturated carbocycles. The Morgan fingerprint density at radius 2 is 1.78 bits per heavy atom. The minimum atomic E-state index is -4.65. The van der Waals surface area contributed by atoms with Gasteiger partial charge >= 0.3 is 11.9 Å². The number of pyridine rings is 1. The van der Waals surface area contributed by atoms with Crippen molar-refractivity contribution in [3.05, 3.63) is 111 Å². The van der Waals surface area contributed by atoms with Crippen LogP contribution in [0.4, 0.5) is 13.2 Å². The highest BCUT2D eigenvalue weighted by Crippen LogP contribution is 2.38. The number of hydrogen-bond acceptors (Lipinski definition) is 6. The zero-order chi connectivity index (χ0) is 25.7. The molecule has 0 amide bonds. The summed E-state index contributed by atoms with van der Waals surface area (Å²) in [5, 5.41) is 9.09. The molecule has 7 nitrogen and oxygen atoms in total. The third-order valence-corrected chi connectivity index (χ3v) is 5.34. The monoisotopic (exact) mass is 512 g/mol. The van der Waals surface area contributed by atoms with Crippen LogP contribution in [0.5, 0.6) is 17.4 Å². The first-order chi connectivity index (χ1) is 17.2. The molecular formula is C25H16ClF3N4O3. The van der Waals surface area contributed by atoms with E-state index in [0.29, 0.717) is 5.56 Å². The summed E-state index contributed by atoms with van der Waals surface area (Å²) in [5.41, 5.74) is -0.0457. The smallest absolute Gasteiger partial charge is 0.417 e. The molecule has 2 aromatic heterocycles. The largest absolute Gasteiger partial charge is 0.474 e. The fourth-order valence-electron chi connectivity index (χ4n) is 3.27. The molecule has 0 aliphatic rings. The number of nitrogens with zero attached hydrogens (tertiary/aromatic N) is 4. The number of aromatic nitrogens is 3. The fourth-order valence-corrected chi connectivity index (χ4v) is 3.50. The van der Waals surface area contributed by atoms with E-state index in [4.69, 9.17) is 21.1 Å². The van der Waals surface area contributed by atoms with Crippen LogP contribution in [0.2, 0.25) is 5.02 Å². The Morgan fingerprint density at radius 3 is 2.50 bits per heavy atom. The minimum absolute atomic E-state index is 0.00786. The molecule has 0 fully saturated rings. The summed E-state index contributed by atoms with van der Waals surface area (Å²) in [7, 11) is 0. The van der Waals surface area contributed by atoms with Crippen molar-refractivity contribution in [2.75, 3.05) is 0 Å². The van der Waals surface area contributed by atoms with Crippen molar-refractivity contribution < 1.29 is 22.6 Å². The van der Waals surface area contributed by atoms with E-state index in [1.807, 2.05) is 6.07 Å². The first-order valence-corrected chi connectivity index (χ1v) is 10.8.